The molecule has 0 saturated heterocycles. The maximum Gasteiger partial charge on any atom is 0.253 e. The number of amides is 1. The first-order valence-corrected chi connectivity index (χ1v) is 6.07. The third kappa shape index (κ3) is 3.05. The number of carbonyl (C=O) groups excluding carboxylic acids is 1. The molecule has 0 unspecified atom stereocenters. The highest BCUT2D eigenvalue weighted by atomic mass is 35.5. The van der Waals surface area contributed by atoms with Crippen molar-refractivity contribution in [1.82, 2.24) is 10.5 Å². The maximum atomic E-state index is 11.9. The van der Waals surface area contributed by atoms with Crippen molar-refractivity contribution in [3.63, 3.8) is 0 Å². The minimum Gasteiger partial charge on any atom is -0.359 e. The summed E-state index contributed by atoms with van der Waals surface area (Å²) in [7, 11) is 0. The third-order valence-electron chi connectivity index (χ3n) is 2.29. The van der Waals surface area contributed by atoms with Crippen LogP contribution in [0.15, 0.2) is 33.7 Å². The first-order valence-electron chi connectivity index (χ1n) is 5.25. The molecule has 0 fully saturated rings. The van der Waals surface area contributed by atoms with Gasteiger partial charge in [-0.25, -0.2) is 0 Å². The van der Waals surface area contributed by atoms with E-state index in [1.54, 1.807) is 24.3 Å². The van der Waals surface area contributed by atoms with Crippen molar-refractivity contribution < 1.29 is 9.32 Å². The lowest BCUT2D eigenvalue weighted by atomic mass is 10.2. The second-order valence-electron chi connectivity index (χ2n) is 3.78. The molecular formula is C12H11ClN2O2S. The molecule has 18 heavy (non-hydrogen) atoms. The van der Waals surface area contributed by atoms with Crippen molar-refractivity contribution in [2.24, 2.45) is 0 Å². The van der Waals surface area contributed by atoms with Crippen molar-refractivity contribution in [2.45, 2.75) is 18.4 Å². The van der Waals surface area contributed by atoms with Gasteiger partial charge in [-0.15, -0.1) is 12.6 Å². The molecule has 1 aromatic heterocycles. The Morgan fingerprint density at radius 3 is 2.94 bits per heavy atom. The Morgan fingerprint density at radius 1 is 1.50 bits per heavy atom. The van der Waals surface area contributed by atoms with Crippen LogP contribution in [-0.2, 0) is 6.54 Å². The summed E-state index contributed by atoms with van der Waals surface area (Å²) in [5.74, 6) is 0.323. The van der Waals surface area contributed by atoms with E-state index in [2.05, 4.69) is 23.1 Å². The van der Waals surface area contributed by atoms with Gasteiger partial charge in [0.2, 0.25) is 0 Å². The highest BCUT2D eigenvalue weighted by molar-refractivity contribution is 7.80. The molecule has 1 N–H and O–H groups in total. The summed E-state index contributed by atoms with van der Waals surface area (Å²) >= 11 is 10.1. The van der Waals surface area contributed by atoms with E-state index in [-0.39, 0.29) is 12.5 Å². The van der Waals surface area contributed by atoms with E-state index in [4.69, 9.17) is 16.1 Å². The van der Waals surface area contributed by atoms with Crippen LogP contribution in [0, 0.1) is 6.92 Å². The molecule has 1 amide bonds. The van der Waals surface area contributed by atoms with Gasteiger partial charge in [0, 0.05) is 11.0 Å². The molecule has 4 nitrogen and oxygen atoms in total. The number of nitrogens with one attached hydrogen (secondary N) is 1. The van der Waals surface area contributed by atoms with Crippen molar-refractivity contribution in [3.05, 3.63) is 46.3 Å². The van der Waals surface area contributed by atoms with Crippen LogP contribution < -0.4 is 5.32 Å². The fourth-order valence-electron chi connectivity index (χ4n) is 1.45. The van der Waals surface area contributed by atoms with E-state index < -0.39 is 0 Å². The standard InChI is InChI=1S/C12H11ClN2O2S/c1-7-4-8(17-15-7)6-14-12(16)10-5-9(18)2-3-11(10)13/h2-5,18H,6H2,1H3,(H,14,16). The van der Waals surface area contributed by atoms with Gasteiger partial charge < -0.3 is 9.84 Å². The summed E-state index contributed by atoms with van der Waals surface area (Å²) in [5.41, 5.74) is 1.16. The lowest BCUT2D eigenvalue weighted by Gasteiger charge is -2.05. The summed E-state index contributed by atoms with van der Waals surface area (Å²) in [5, 5.41) is 6.83. The van der Waals surface area contributed by atoms with Gasteiger partial charge in [0.15, 0.2) is 5.76 Å². The van der Waals surface area contributed by atoms with E-state index in [1.165, 1.54) is 0 Å². The molecule has 0 aliphatic rings. The highest BCUT2D eigenvalue weighted by Gasteiger charge is 2.11. The number of halogens is 1. The molecule has 1 aromatic carbocycles. The Hall–Kier alpha value is -1.46. The molecule has 0 aliphatic carbocycles. The lowest BCUT2D eigenvalue weighted by molar-refractivity contribution is 0.0947. The molecular weight excluding hydrogens is 272 g/mol. The second kappa shape index (κ2) is 5.46. The zero-order valence-electron chi connectivity index (χ0n) is 9.61. The number of aryl methyl sites for hydroxylation is 1. The predicted octanol–water partition coefficient (Wildman–Crippen LogP) is 2.86. The number of hydrogen-bond donors (Lipinski definition) is 2. The molecule has 0 radical (unpaired) electrons. The van der Waals surface area contributed by atoms with Crippen LogP contribution >= 0.6 is 24.2 Å². The molecule has 94 valence electrons. The number of hydrogen-bond acceptors (Lipinski definition) is 4. The number of carbonyl (C=O) groups is 1. The average molecular weight is 283 g/mol. The molecule has 6 heteroatoms. The summed E-state index contributed by atoms with van der Waals surface area (Å²) in [6, 6.07) is 6.74. The number of benzene rings is 1. The van der Waals surface area contributed by atoms with Crippen LogP contribution in [0.25, 0.3) is 0 Å². The van der Waals surface area contributed by atoms with Crippen LogP contribution in [0.3, 0.4) is 0 Å². The minimum atomic E-state index is -0.273. The van der Waals surface area contributed by atoms with E-state index in [9.17, 15) is 4.79 Å². The van der Waals surface area contributed by atoms with Gasteiger partial charge in [-0.05, 0) is 25.1 Å². The van der Waals surface area contributed by atoms with Crippen molar-refractivity contribution in [1.29, 1.82) is 0 Å². The zero-order valence-corrected chi connectivity index (χ0v) is 11.3. The Kier molecular flexibility index (Phi) is 3.93. The van der Waals surface area contributed by atoms with E-state index >= 15 is 0 Å². The fraction of sp³-hybridized carbons (Fsp3) is 0.167. The maximum absolute atomic E-state index is 11.9. The van der Waals surface area contributed by atoms with E-state index in [1.807, 2.05) is 6.92 Å². The van der Waals surface area contributed by atoms with Gasteiger partial charge in [-0.1, -0.05) is 16.8 Å². The molecule has 0 spiro atoms. The molecule has 2 rings (SSSR count). The molecule has 0 atom stereocenters. The first kappa shape index (κ1) is 13.0. The fourth-order valence-corrected chi connectivity index (χ4v) is 1.86. The summed E-state index contributed by atoms with van der Waals surface area (Å²) < 4.78 is 4.99. The van der Waals surface area contributed by atoms with Crippen LogP contribution in [-0.4, -0.2) is 11.1 Å². The van der Waals surface area contributed by atoms with Crippen LogP contribution in [0.2, 0.25) is 5.02 Å². The molecule has 0 saturated carbocycles. The molecule has 0 bridgehead atoms. The molecule has 0 aliphatic heterocycles. The first-order chi connectivity index (χ1) is 8.56. The Balaban J connectivity index is 2.05. The quantitative estimate of drug-likeness (QED) is 0.851. The summed E-state index contributed by atoms with van der Waals surface area (Å²) in [6.07, 6.45) is 0. The molecule has 2 aromatic rings. The van der Waals surface area contributed by atoms with E-state index in [0.717, 1.165) is 5.69 Å². The van der Waals surface area contributed by atoms with Crippen molar-refractivity contribution in [2.75, 3.05) is 0 Å². The summed E-state index contributed by atoms with van der Waals surface area (Å²) in [6.45, 7) is 2.09. The highest BCUT2D eigenvalue weighted by Crippen LogP contribution is 2.19. The number of thiol groups is 1. The number of nitrogens with zero attached hydrogens (tertiary/aromatic N) is 1. The van der Waals surface area contributed by atoms with Gasteiger partial charge in [0.1, 0.15) is 0 Å². The van der Waals surface area contributed by atoms with Gasteiger partial charge in [0.05, 0.1) is 22.8 Å². The van der Waals surface area contributed by atoms with Gasteiger partial charge in [-0.2, -0.15) is 0 Å². The van der Waals surface area contributed by atoms with Gasteiger partial charge in [-0.3, -0.25) is 4.79 Å². The minimum absolute atomic E-state index is 0.271. The Bertz CT molecular complexity index is 583. The zero-order chi connectivity index (χ0) is 13.1. The van der Waals surface area contributed by atoms with Crippen LogP contribution in [0.1, 0.15) is 21.8 Å². The third-order valence-corrected chi connectivity index (χ3v) is 2.90. The Labute approximate surface area is 115 Å². The van der Waals surface area contributed by atoms with Crippen LogP contribution in [0.4, 0.5) is 0 Å². The smallest absolute Gasteiger partial charge is 0.253 e. The van der Waals surface area contributed by atoms with E-state index in [0.29, 0.717) is 21.2 Å². The largest absolute Gasteiger partial charge is 0.359 e. The Morgan fingerprint density at radius 2 is 2.28 bits per heavy atom. The number of aromatic nitrogens is 1. The second-order valence-corrected chi connectivity index (χ2v) is 4.71. The normalized spacial score (nSPS) is 10.4. The van der Waals surface area contributed by atoms with Gasteiger partial charge >= 0.3 is 0 Å². The predicted molar refractivity (Wildman–Crippen MR) is 71.1 cm³/mol. The molecule has 1 heterocycles. The summed E-state index contributed by atoms with van der Waals surface area (Å²) in [4.78, 5) is 12.6. The van der Waals surface area contributed by atoms with Crippen molar-refractivity contribution in [3.8, 4) is 0 Å². The lowest BCUT2D eigenvalue weighted by Crippen LogP contribution is -2.22. The van der Waals surface area contributed by atoms with Crippen molar-refractivity contribution >= 4 is 30.1 Å². The topological polar surface area (TPSA) is 55.1 Å². The monoisotopic (exact) mass is 282 g/mol. The van der Waals surface area contributed by atoms with Gasteiger partial charge in [0.25, 0.3) is 5.91 Å². The SMILES string of the molecule is Cc1cc(CNC(=O)c2cc(S)ccc2Cl)on1. The number of rotatable bonds is 3. The average Bonchev–Trinajstić information content (AvgIpc) is 2.75. The van der Waals surface area contributed by atoms with Crippen LogP contribution in [0.5, 0.6) is 0 Å².